The van der Waals surface area contributed by atoms with Gasteiger partial charge in [-0.2, -0.15) is 0 Å². The molecule has 1 fully saturated rings. The van der Waals surface area contributed by atoms with Crippen LogP contribution < -0.4 is 10.2 Å². The van der Waals surface area contributed by atoms with Gasteiger partial charge < -0.3 is 10.2 Å². The molecule has 1 N–H and O–H groups in total. The Morgan fingerprint density at radius 3 is 2.44 bits per heavy atom. The van der Waals surface area contributed by atoms with Crippen LogP contribution >= 0.6 is 0 Å². The summed E-state index contributed by atoms with van der Waals surface area (Å²) in [7, 11) is 0. The summed E-state index contributed by atoms with van der Waals surface area (Å²) in [5, 5.41) is 3.22. The van der Waals surface area contributed by atoms with Crippen molar-refractivity contribution in [3.8, 4) is 0 Å². The average Bonchev–Trinajstić information content (AvgIpc) is 2.25. The van der Waals surface area contributed by atoms with Gasteiger partial charge >= 0.3 is 0 Å². The van der Waals surface area contributed by atoms with Gasteiger partial charge in [0.25, 0.3) is 0 Å². The Morgan fingerprint density at radius 2 is 1.88 bits per heavy atom. The number of hydrogen-bond donors (Lipinski definition) is 1. The lowest BCUT2D eigenvalue weighted by molar-refractivity contribution is 0.443. The highest BCUT2D eigenvalue weighted by Crippen LogP contribution is 2.21. The predicted octanol–water partition coefficient (Wildman–Crippen LogP) is 1.90. The molecule has 16 heavy (non-hydrogen) atoms. The number of piperazine rings is 1. The second kappa shape index (κ2) is 4.33. The molecule has 0 spiro atoms. The third-order valence-corrected chi connectivity index (χ3v) is 2.70. The molecule has 5 heteroatoms. The van der Waals surface area contributed by atoms with Crippen molar-refractivity contribution in [3.63, 3.8) is 0 Å². The average molecular weight is 230 g/mol. The first-order valence-corrected chi connectivity index (χ1v) is 5.21. The van der Waals surface area contributed by atoms with Crippen LogP contribution in [0.2, 0.25) is 0 Å². The first-order valence-electron chi connectivity index (χ1n) is 5.21. The Balaban J connectivity index is 2.26. The Labute approximate surface area is 92.1 Å². The fourth-order valence-corrected chi connectivity index (χ4v) is 1.89. The van der Waals surface area contributed by atoms with Gasteiger partial charge in [-0.3, -0.25) is 0 Å². The molecular weight excluding hydrogens is 217 g/mol. The Hall–Kier alpha value is -1.23. The van der Waals surface area contributed by atoms with Crippen LogP contribution in [0.25, 0.3) is 0 Å². The van der Waals surface area contributed by atoms with Crippen molar-refractivity contribution in [2.24, 2.45) is 0 Å². The molecule has 0 saturated carbocycles. The van der Waals surface area contributed by atoms with Crippen molar-refractivity contribution < 1.29 is 13.2 Å². The number of hydrogen-bond acceptors (Lipinski definition) is 2. The number of halogens is 3. The first-order chi connectivity index (χ1) is 7.58. The third kappa shape index (κ3) is 2.14. The summed E-state index contributed by atoms with van der Waals surface area (Å²) in [6.45, 7) is 4.06. The molecule has 0 amide bonds. The zero-order valence-electron chi connectivity index (χ0n) is 8.93. The van der Waals surface area contributed by atoms with E-state index in [0.29, 0.717) is 18.8 Å². The van der Waals surface area contributed by atoms with Crippen LogP contribution in [0.4, 0.5) is 18.9 Å². The molecule has 0 aliphatic carbocycles. The summed E-state index contributed by atoms with van der Waals surface area (Å²) in [5.41, 5.74) is 0.393. The summed E-state index contributed by atoms with van der Waals surface area (Å²) < 4.78 is 38.8. The largest absolute Gasteiger partial charge is 0.369 e. The third-order valence-electron chi connectivity index (χ3n) is 2.70. The monoisotopic (exact) mass is 230 g/mol. The Morgan fingerprint density at radius 1 is 1.25 bits per heavy atom. The van der Waals surface area contributed by atoms with Gasteiger partial charge in [-0.25, -0.2) is 13.2 Å². The van der Waals surface area contributed by atoms with Gasteiger partial charge in [-0.05, 0) is 6.92 Å². The molecule has 1 aromatic rings. The highest BCUT2D eigenvalue weighted by Gasteiger charge is 2.19. The minimum absolute atomic E-state index is 0.255. The van der Waals surface area contributed by atoms with E-state index in [9.17, 15) is 13.2 Å². The standard InChI is InChI=1S/C11H13F3N2/c1-7-6-16(3-2-15-7)8-4-9(12)11(14)10(13)5-8/h4-5,7,15H,2-3,6H2,1H3/t7-/m0/s1. The number of benzene rings is 1. The van der Waals surface area contributed by atoms with E-state index in [1.54, 1.807) is 0 Å². The molecule has 1 aromatic carbocycles. The first kappa shape index (κ1) is 11.3. The molecule has 1 atom stereocenters. The van der Waals surface area contributed by atoms with E-state index >= 15 is 0 Å². The van der Waals surface area contributed by atoms with Crippen LogP contribution in [0.3, 0.4) is 0 Å². The number of nitrogens with zero attached hydrogens (tertiary/aromatic N) is 1. The van der Waals surface area contributed by atoms with Crippen molar-refractivity contribution >= 4 is 5.69 Å². The van der Waals surface area contributed by atoms with E-state index in [1.807, 2.05) is 11.8 Å². The minimum Gasteiger partial charge on any atom is -0.369 e. The molecule has 1 aliphatic rings. The lowest BCUT2D eigenvalue weighted by atomic mass is 10.2. The van der Waals surface area contributed by atoms with Crippen molar-refractivity contribution in [2.75, 3.05) is 24.5 Å². The summed E-state index contributed by atoms with van der Waals surface area (Å²) in [5.74, 6) is -3.69. The quantitative estimate of drug-likeness (QED) is 0.741. The molecule has 0 bridgehead atoms. The van der Waals surface area contributed by atoms with E-state index in [1.165, 1.54) is 0 Å². The molecule has 1 heterocycles. The van der Waals surface area contributed by atoms with Gasteiger partial charge in [0.1, 0.15) is 0 Å². The summed E-state index contributed by atoms with van der Waals surface area (Å²) >= 11 is 0. The normalized spacial score (nSPS) is 21.2. The van der Waals surface area contributed by atoms with E-state index in [2.05, 4.69) is 5.32 Å². The van der Waals surface area contributed by atoms with Crippen LogP contribution in [0.1, 0.15) is 6.92 Å². The van der Waals surface area contributed by atoms with Crippen LogP contribution in [0.15, 0.2) is 12.1 Å². The molecule has 0 aromatic heterocycles. The fourth-order valence-electron chi connectivity index (χ4n) is 1.89. The van der Waals surface area contributed by atoms with Gasteiger partial charge in [-0.15, -0.1) is 0 Å². The van der Waals surface area contributed by atoms with E-state index in [-0.39, 0.29) is 6.04 Å². The number of rotatable bonds is 1. The van der Waals surface area contributed by atoms with Crippen molar-refractivity contribution in [1.29, 1.82) is 0 Å². The maximum absolute atomic E-state index is 13.0. The minimum atomic E-state index is -1.41. The van der Waals surface area contributed by atoms with E-state index in [0.717, 1.165) is 18.7 Å². The summed E-state index contributed by atoms with van der Waals surface area (Å²) in [4.78, 5) is 1.84. The van der Waals surface area contributed by atoms with Crippen LogP contribution in [-0.2, 0) is 0 Å². The lowest BCUT2D eigenvalue weighted by Gasteiger charge is -2.33. The van der Waals surface area contributed by atoms with Crippen molar-refractivity contribution in [2.45, 2.75) is 13.0 Å². The van der Waals surface area contributed by atoms with Gasteiger partial charge in [0.05, 0.1) is 0 Å². The molecule has 2 nitrogen and oxygen atoms in total. The van der Waals surface area contributed by atoms with Crippen LogP contribution in [0, 0.1) is 17.5 Å². The maximum Gasteiger partial charge on any atom is 0.194 e. The zero-order chi connectivity index (χ0) is 11.7. The lowest BCUT2D eigenvalue weighted by Crippen LogP contribution is -2.49. The number of anilines is 1. The van der Waals surface area contributed by atoms with E-state index < -0.39 is 17.5 Å². The topological polar surface area (TPSA) is 15.3 Å². The second-order valence-electron chi connectivity index (χ2n) is 4.02. The second-order valence-corrected chi connectivity index (χ2v) is 4.02. The number of nitrogens with one attached hydrogen (secondary N) is 1. The predicted molar refractivity (Wildman–Crippen MR) is 56.0 cm³/mol. The molecule has 1 saturated heterocycles. The molecule has 88 valence electrons. The van der Waals surface area contributed by atoms with Gasteiger partial charge in [-0.1, -0.05) is 0 Å². The van der Waals surface area contributed by atoms with Gasteiger partial charge in [0, 0.05) is 43.5 Å². The molecule has 1 aliphatic heterocycles. The fraction of sp³-hybridized carbons (Fsp3) is 0.455. The molecular formula is C11H13F3N2. The van der Waals surface area contributed by atoms with Crippen molar-refractivity contribution in [1.82, 2.24) is 5.32 Å². The van der Waals surface area contributed by atoms with Crippen LogP contribution in [-0.4, -0.2) is 25.7 Å². The molecule has 0 radical (unpaired) electrons. The smallest absolute Gasteiger partial charge is 0.194 e. The molecule has 2 rings (SSSR count). The zero-order valence-corrected chi connectivity index (χ0v) is 8.93. The van der Waals surface area contributed by atoms with Gasteiger partial charge in [0.2, 0.25) is 0 Å². The van der Waals surface area contributed by atoms with Crippen molar-refractivity contribution in [3.05, 3.63) is 29.6 Å². The molecule has 0 unspecified atom stereocenters. The Kier molecular flexibility index (Phi) is 3.05. The highest BCUT2D eigenvalue weighted by atomic mass is 19.2. The summed E-state index contributed by atoms with van der Waals surface area (Å²) in [6, 6.07) is 2.33. The maximum atomic E-state index is 13.0. The van der Waals surface area contributed by atoms with Crippen LogP contribution in [0.5, 0.6) is 0 Å². The SMILES string of the molecule is C[C@H]1CN(c2cc(F)c(F)c(F)c2)CCN1. The Bertz CT molecular complexity index is 372. The summed E-state index contributed by atoms with van der Waals surface area (Å²) in [6.07, 6.45) is 0. The van der Waals surface area contributed by atoms with Gasteiger partial charge in [0.15, 0.2) is 17.5 Å². The highest BCUT2D eigenvalue weighted by molar-refractivity contribution is 5.48. The van der Waals surface area contributed by atoms with E-state index in [4.69, 9.17) is 0 Å².